The Balaban J connectivity index is 2.04. The van der Waals surface area contributed by atoms with E-state index in [0.29, 0.717) is 36.6 Å². The van der Waals surface area contributed by atoms with Crippen LogP contribution in [0.15, 0.2) is 41.3 Å². The van der Waals surface area contributed by atoms with E-state index in [1.807, 2.05) is 45.9 Å². The zero-order chi connectivity index (χ0) is 32.1. The third-order valence-corrected chi connectivity index (χ3v) is 9.93. The molecule has 1 heterocycles. The normalized spacial score (nSPS) is 14.8. The van der Waals surface area contributed by atoms with Gasteiger partial charge in [0.25, 0.3) is 0 Å². The Morgan fingerprint density at radius 2 is 1.47 bits per heavy atom. The van der Waals surface area contributed by atoms with Gasteiger partial charge in [-0.05, 0) is 59.4 Å². The Kier molecular flexibility index (Phi) is 11.4. The first-order valence-electron chi connectivity index (χ1n) is 15.2. The van der Waals surface area contributed by atoms with Crippen molar-refractivity contribution in [2.24, 2.45) is 11.7 Å². The summed E-state index contributed by atoms with van der Waals surface area (Å²) in [6, 6.07) is 11.1. The van der Waals surface area contributed by atoms with Crippen LogP contribution in [0.3, 0.4) is 0 Å². The van der Waals surface area contributed by atoms with Crippen molar-refractivity contribution in [2.75, 3.05) is 38.5 Å². The molecule has 2 aromatic rings. The van der Waals surface area contributed by atoms with Gasteiger partial charge in [-0.25, -0.2) is 13.2 Å². The predicted octanol–water partition coefficient (Wildman–Crippen LogP) is 5.27. The van der Waals surface area contributed by atoms with Crippen LogP contribution in [0.1, 0.15) is 94.0 Å². The summed E-state index contributed by atoms with van der Waals surface area (Å²) in [5.74, 6) is -1.41. The average Bonchev–Trinajstić information content (AvgIpc) is 2.95. The van der Waals surface area contributed by atoms with Gasteiger partial charge in [0.15, 0.2) is 9.84 Å². The molecule has 1 fully saturated rings. The quantitative estimate of drug-likeness (QED) is 0.262. The van der Waals surface area contributed by atoms with Crippen molar-refractivity contribution in [1.29, 1.82) is 5.41 Å². The van der Waals surface area contributed by atoms with Crippen LogP contribution in [0.25, 0.3) is 0 Å². The summed E-state index contributed by atoms with van der Waals surface area (Å²) in [7, 11) is -3.91. The minimum Gasteiger partial charge on any atom is -0.450 e. The molecule has 2 aromatic carbocycles. The van der Waals surface area contributed by atoms with E-state index in [0.717, 1.165) is 22.3 Å². The van der Waals surface area contributed by atoms with E-state index < -0.39 is 21.8 Å². The fourth-order valence-electron chi connectivity index (χ4n) is 5.55. The summed E-state index contributed by atoms with van der Waals surface area (Å²) in [4.78, 5) is 29.8. The highest BCUT2D eigenvalue weighted by Gasteiger charge is 2.35. The van der Waals surface area contributed by atoms with Crippen molar-refractivity contribution < 1.29 is 22.7 Å². The summed E-state index contributed by atoms with van der Waals surface area (Å²) < 4.78 is 34.0. The van der Waals surface area contributed by atoms with Crippen LogP contribution >= 0.6 is 0 Å². The Hall–Kier alpha value is -3.40. The van der Waals surface area contributed by atoms with Crippen molar-refractivity contribution in [2.45, 2.75) is 77.5 Å². The molecule has 1 atom stereocenters. The third-order valence-electron chi connectivity index (χ3n) is 8.00. The minimum absolute atomic E-state index is 0.0293. The van der Waals surface area contributed by atoms with Crippen LogP contribution in [-0.4, -0.2) is 74.6 Å². The second kappa shape index (κ2) is 14.4. The van der Waals surface area contributed by atoms with Crippen LogP contribution in [0.4, 0.5) is 4.79 Å². The molecule has 0 saturated carbocycles. The monoisotopic (exact) mass is 612 g/mol. The molecule has 10 heteroatoms. The van der Waals surface area contributed by atoms with E-state index in [1.54, 1.807) is 34.9 Å². The maximum Gasteiger partial charge on any atom is 0.409 e. The number of hydrogen-bond acceptors (Lipinski definition) is 6. The summed E-state index contributed by atoms with van der Waals surface area (Å²) in [5, 5.41) is 7.84. The molecule has 43 heavy (non-hydrogen) atoms. The second-order valence-electron chi connectivity index (χ2n) is 12.3. The molecule has 9 nitrogen and oxygen atoms in total. The number of amidine groups is 1. The Bertz CT molecular complexity index is 1400. The lowest BCUT2D eigenvalue weighted by atomic mass is 9.89. The number of amides is 2. The largest absolute Gasteiger partial charge is 0.450 e. The number of nitrogen functional groups attached to an aromatic ring is 1. The number of carbonyl (C=O) groups excluding carboxylic acids is 2. The topological polar surface area (TPSA) is 134 Å². The highest BCUT2D eigenvalue weighted by atomic mass is 32.2. The van der Waals surface area contributed by atoms with Gasteiger partial charge < -0.3 is 20.3 Å². The summed E-state index contributed by atoms with van der Waals surface area (Å²) >= 11 is 0. The number of ether oxygens (including phenoxy) is 1. The molecule has 1 saturated heterocycles. The number of benzene rings is 2. The van der Waals surface area contributed by atoms with Crippen molar-refractivity contribution in [3.05, 3.63) is 64.2 Å². The minimum atomic E-state index is -3.91. The summed E-state index contributed by atoms with van der Waals surface area (Å²) in [6.07, 6.45) is -0.239. The molecule has 2 amide bonds. The number of piperazine rings is 1. The smallest absolute Gasteiger partial charge is 0.409 e. The number of nitrogens with zero attached hydrogens (tertiary/aromatic N) is 2. The van der Waals surface area contributed by atoms with Crippen LogP contribution in [0.5, 0.6) is 0 Å². The van der Waals surface area contributed by atoms with Gasteiger partial charge in [0.2, 0.25) is 5.91 Å². The maximum atomic E-state index is 14.4. The maximum absolute atomic E-state index is 14.4. The van der Waals surface area contributed by atoms with E-state index >= 15 is 0 Å². The highest BCUT2D eigenvalue weighted by molar-refractivity contribution is 7.91. The van der Waals surface area contributed by atoms with E-state index in [2.05, 4.69) is 13.8 Å². The fourth-order valence-corrected chi connectivity index (χ4v) is 7.81. The van der Waals surface area contributed by atoms with Gasteiger partial charge in [0, 0.05) is 31.7 Å². The van der Waals surface area contributed by atoms with Gasteiger partial charge in [-0.15, -0.1) is 0 Å². The Morgan fingerprint density at radius 3 is 1.95 bits per heavy atom. The van der Waals surface area contributed by atoms with E-state index in [4.69, 9.17) is 15.9 Å². The molecule has 236 valence electrons. The standard InChI is InChI=1S/C33H48N4O5S/c1-8-42-33(39)37-14-12-36(13-15-37)32(38)27(17-24-10-9-11-25(16-24)31(34)35)20-43(40,41)30-28(22(4)5)18-26(21(2)3)19-29(30)23(6)7/h9-11,16,18-19,21-23,27H,8,12-15,17,20H2,1-7H3,(H3,34,35). The van der Waals surface area contributed by atoms with Gasteiger partial charge in [-0.1, -0.05) is 71.9 Å². The number of rotatable bonds is 11. The van der Waals surface area contributed by atoms with Crippen molar-refractivity contribution >= 4 is 27.7 Å². The Labute approximate surface area is 257 Å². The number of nitrogens with one attached hydrogen (secondary N) is 1. The molecule has 0 radical (unpaired) electrons. The molecule has 1 aliphatic heterocycles. The second-order valence-corrected chi connectivity index (χ2v) is 14.3. The van der Waals surface area contributed by atoms with Crippen LogP contribution < -0.4 is 5.73 Å². The first-order chi connectivity index (χ1) is 20.2. The van der Waals surface area contributed by atoms with Crippen molar-refractivity contribution in [3.63, 3.8) is 0 Å². The zero-order valence-corrected chi connectivity index (χ0v) is 27.5. The highest BCUT2D eigenvalue weighted by Crippen LogP contribution is 2.36. The molecule has 0 bridgehead atoms. The van der Waals surface area contributed by atoms with Crippen LogP contribution in [-0.2, 0) is 25.8 Å². The molecule has 3 rings (SSSR count). The molecule has 3 N–H and O–H groups in total. The van der Waals surface area contributed by atoms with E-state index in [9.17, 15) is 18.0 Å². The van der Waals surface area contributed by atoms with Gasteiger partial charge in [-0.3, -0.25) is 10.2 Å². The first kappa shape index (κ1) is 34.1. The molecular weight excluding hydrogens is 564 g/mol. The van der Waals surface area contributed by atoms with Crippen molar-refractivity contribution in [1.82, 2.24) is 9.80 Å². The third kappa shape index (κ3) is 8.37. The number of hydrogen-bond donors (Lipinski definition) is 2. The van der Waals surface area contributed by atoms with Crippen LogP contribution in [0.2, 0.25) is 0 Å². The Morgan fingerprint density at radius 1 is 0.907 bits per heavy atom. The molecule has 0 spiro atoms. The van der Waals surface area contributed by atoms with Crippen molar-refractivity contribution in [3.8, 4) is 0 Å². The van der Waals surface area contributed by atoms with Gasteiger partial charge in [-0.2, -0.15) is 0 Å². The molecule has 1 unspecified atom stereocenters. The number of carbonyl (C=O) groups is 2. The molecular formula is C33H48N4O5S. The lowest BCUT2D eigenvalue weighted by Crippen LogP contribution is -2.53. The van der Waals surface area contributed by atoms with Crippen LogP contribution in [0, 0.1) is 11.3 Å². The molecule has 0 aromatic heterocycles. The van der Waals surface area contributed by atoms with E-state index in [-0.39, 0.29) is 48.3 Å². The molecule has 0 aliphatic carbocycles. The average molecular weight is 613 g/mol. The fraction of sp³-hybridized carbons (Fsp3) is 0.545. The van der Waals surface area contributed by atoms with Gasteiger partial charge >= 0.3 is 6.09 Å². The van der Waals surface area contributed by atoms with Gasteiger partial charge in [0.1, 0.15) is 5.84 Å². The molecule has 1 aliphatic rings. The summed E-state index contributed by atoms with van der Waals surface area (Å²) in [5.41, 5.74) is 9.63. The lowest BCUT2D eigenvalue weighted by Gasteiger charge is -2.36. The first-order valence-corrected chi connectivity index (χ1v) is 16.9. The summed E-state index contributed by atoms with van der Waals surface area (Å²) in [6.45, 7) is 15.4. The lowest BCUT2D eigenvalue weighted by molar-refractivity contribution is -0.136. The van der Waals surface area contributed by atoms with E-state index in [1.165, 1.54) is 0 Å². The zero-order valence-electron chi connectivity index (χ0n) is 26.6. The predicted molar refractivity (Wildman–Crippen MR) is 171 cm³/mol. The number of sulfone groups is 1. The SMILES string of the molecule is CCOC(=O)N1CCN(C(=O)C(Cc2cccc(C(=N)N)c2)CS(=O)(=O)c2c(C(C)C)cc(C(C)C)cc2C(C)C)CC1. The van der Waals surface area contributed by atoms with Gasteiger partial charge in [0.05, 0.1) is 23.2 Å². The number of nitrogens with two attached hydrogens (primary N) is 1.